The molecule has 4 bridgehead atoms. The highest BCUT2D eigenvalue weighted by Crippen LogP contribution is 2.79. The Bertz CT molecular complexity index is 835. The Labute approximate surface area is 187 Å². The number of ether oxygens (including phenoxy) is 2. The standard InChI is InChI=1S/C27H40O4/c1-15(2)27-14-26-12-9-19-24(3,10-6-11-25(19,4)23(29)30-5)20(26)13-16(27)21-18(31-27)8-7-17(28)22(21)26/h15-16,18-22H,6-14H2,1-5H3/t16-,18+,19-,20-,21+,22-,24+,25-,26+,27+/m1/s1. The SMILES string of the molecule is COC(=O)[C@]1(C)CCC[C@]2(C)[C@H]3C[C@@H]4[C@H]5[C@@H]6CCC(=O)[C@H]5[C@@]3(CC[C@H]21)C[C@@]4(C(C)C)O6. The summed E-state index contributed by atoms with van der Waals surface area (Å²) in [6.45, 7) is 9.36. The molecule has 6 aliphatic carbocycles. The second-order valence-electron chi connectivity index (χ2n) is 13.0. The Morgan fingerprint density at radius 2 is 1.90 bits per heavy atom. The van der Waals surface area contributed by atoms with Gasteiger partial charge in [0.25, 0.3) is 0 Å². The molecule has 7 aliphatic rings. The van der Waals surface area contributed by atoms with Crippen LogP contribution in [0.5, 0.6) is 0 Å². The fourth-order valence-corrected chi connectivity index (χ4v) is 11.1. The maximum absolute atomic E-state index is 13.5. The van der Waals surface area contributed by atoms with Gasteiger partial charge >= 0.3 is 5.97 Å². The first-order valence-electron chi connectivity index (χ1n) is 12.9. The van der Waals surface area contributed by atoms with Crippen molar-refractivity contribution in [1.82, 2.24) is 0 Å². The third-order valence-electron chi connectivity index (χ3n) is 12.0. The fraction of sp³-hybridized carbons (Fsp3) is 0.926. The number of carbonyl (C=O) groups excluding carboxylic acids is 2. The van der Waals surface area contributed by atoms with Crippen LogP contribution in [0.15, 0.2) is 0 Å². The molecular formula is C27H40O4. The zero-order valence-corrected chi connectivity index (χ0v) is 20.0. The molecule has 1 saturated heterocycles. The van der Waals surface area contributed by atoms with Crippen LogP contribution in [-0.4, -0.2) is 30.6 Å². The summed E-state index contributed by atoms with van der Waals surface area (Å²) in [4.78, 5) is 26.5. The molecule has 0 radical (unpaired) electrons. The summed E-state index contributed by atoms with van der Waals surface area (Å²) >= 11 is 0. The van der Waals surface area contributed by atoms with Crippen molar-refractivity contribution >= 4 is 11.8 Å². The lowest BCUT2D eigenvalue weighted by Gasteiger charge is -2.72. The van der Waals surface area contributed by atoms with E-state index in [9.17, 15) is 9.59 Å². The van der Waals surface area contributed by atoms with Crippen molar-refractivity contribution in [3.05, 3.63) is 0 Å². The lowest BCUT2D eigenvalue weighted by atomic mass is 9.31. The van der Waals surface area contributed by atoms with E-state index in [-0.39, 0.29) is 33.7 Å². The average molecular weight is 429 g/mol. The Morgan fingerprint density at radius 3 is 2.61 bits per heavy atom. The van der Waals surface area contributed by atoms with E-state index in [1.54, 1.807) is 7.11 Å². The Kier molecular flexibility index (Phi) is 4.11. The van der Waals surface area contributed by atoms with Crippen LogP contribution in [0.2, 0.25) is 0 Å². The largest absolute Gasteiger partial charge is 0.469 e. The van der Waals surface area contributed by atoms with Crippen molar-refractivity contribution in [2.24, 2.45) is 51.8 Å². The van der Waals surface area contributed by atoms with Crippen molar-refractivity contribution in [2.75, 3.05) is 7.11 Å². The highest BCUT2D eigenvalue weighted by molar-refractivity contribution is 5.84. The van der Waals surface area contributed by atoms with Crippen LogP contribution in [0.4, 0.5) is 0 Å². The molecule has 4 nitrogen and oxygen atoms in total. The molecule has 6 saturated carbocycles. The minimum atomic E-state index is -0.385. The van der Waals surface area contributed by atoms with Crippen LogP contribution >= 0.6 is 0 Å². The normalized spacial score (nSPS) is 56.9. The number of carbonyl (C=O) groups is 2. The maximum atomic E-state index is 13.5. The Balaban J connectivity index is 1.48. The first-order chi connectivity index (χ1) is 14.6. The molecule has 0 unspecified atom stereocenters. The minimum absolute atomic E-state index is 0.0174. The quantitative estimate of drug-likeness (QED) is 0.569. The van der Waals surface area contributed by atoms with Gasteiger partial charge in [0, 0.05) is 18.3 Å². The number of methoxy groups -OCH3 is 1. The second-order valence-corrected chi connectivity index (χ2v) is 13.0. The number of fused-ring (bicyclic) bond motifs is 1. The molecule has 0 aromatic rings. The van der Waals surface area contributed by atoms with Crippen LogP contribution in [0.3, 0.4) is 0 Å². The average Bonchev–Trinajstić information content (AvgIpc) is 3.03. The van der Waals surface area contributed by atoms with E-state index in [0.717, 1.165) is 38.5 Å². The number of Topliss-reactive ketones (excluding diaryl/α,β-unsaturated/α-hetero) is 1. The molecule has 10 atom stereocenters. The highest BCUT2D eigenvalue weighted by atomic mass is 16.5. The van der Waals surface area contributed by atoms with E-state index in [2.05, 4.69) is 27.7 Å². The van der Waals surface area contributed by atoms with E-state index < -0.39 is 0 Å². The number of hydrogen-bond donors (Lipinski definition) is 0. The number of esters is 1. The highest BCUT2D eigenvalue weighted by Gasteiger charge is 2.78. The molecular weight excluding hydrogens is 388 g/mol. The predicted molar refractivity (Wildman–Crippen MR) is 117 cm³/mol. The number of rotatable bonds is 2. The molecule has 7 rings (SSSR count). The predicted octanol–water partition coefficient (Wildman–Crippen LogP) is 5.18. The zero-order chi connectivity index (χ0) is 22.0. The van der Waals surface area contributed by atoms with Crippen LogP contribution in [-0.2, 0) is 19.1 Å². The lowest BCUT2D eigenvalue weighted by Crippen LogP contribution is -2.71. The van der Waals surface area contributed by atoms with Crippen molar-refractivity contribution < 1.29 is 19.1 Å². The van der Waals surface area contributed by atoms with Crippen LogP contribution < -0.4 is 0 Å². The van der Waals surface area contributed by atoms with Gasteiger partial charge in [0.15, 0.2) is 0 Å². The van der Waals surface area contributed by atoms with Gasteiger partial charge in [-0.05, 0) is 86.4 Å². The van der Waals surface area contributed by atoms with Gasteiger partial charge in [-0.3, -0.25) is 9.59 Å². The molecule has 172 valence electrons. The molecule has 0 aromatic carbocycles. The topological polar surface area (TPSA) is 52.6 Å². The van der Waals surface area contributed by atoms with Gasteiger partial charge in [-0.2, -0.15) is 0 Å². The third-order valence-corrected chi connectivity index (χ3v) is 12.0. The summed E-state index contributed by atoms with van der Waals surface area (Å²) in [5.74, 6) is 3.07. The van der Waals surface area contributed by atoms with Crippen molar-refractivity contribution in [3.8, 4) is 0 Å². The Morgan fingerprint density at radius 1 is 1.13 bits per heavy atom. The molecule has 0 N–H and O–H groups in total. The fourth-order valence-electron chi connectivity index (χ4n) is 11.1. The van der Waals surface area contributed by atoms with E-state index in [0.29, 0.717) is 47.9 Å². The van der Waals surface area contributed by atoms with E-state index in [1.807, 2.05) is 0 Å². The summed E-state index contributed by atoms with van der Waals surface area (Å²) in [5.41, 5.74) is -0.222. The van der Waals surface area contributed by atoms with Crippen molar-refractivity contribution in [3.63, 3.8) is 0 Å². The van der Waals surface area contributed by atoms with E-state index in [4.69, 9.17) is 9.47 Å². The van der Waals surface area contributed by atoms with Gasteiger partial charge in [0.2, 0.25) is 0 Å². The van der Waals surface area contributed by atoms with Crippen LogP contribution in [0.1, 0.15) is 85.5 Å². The van der Waals surface area contributed by atoms with E-state index in [1.165, 1.54) is 12.8 Å². The van der Waals surface area contributed by atoms with Gasteiger partial charge in [-0.1, -0.05) is 27.2 Å². The van der Waals surface area contributed by atoms with Crippen molar-refractivity contribution in [2.45, 2.75) is 97.2 Å². The zero-order valence-electron chi connectivity index (χ0n) is 20.0. The molecule has 31 heavy (non-hydrogen) atoms. The molecule has 0 aromatic heterocycles. The Hall–Kier alpha value is -0.900. The molecule has 1 heterocycles. The van der Waals surface area contributed by atoms with Crippen LogP contribution in [0.25, 0.3) is 0 Å². The van der Waals surface area contributed by atoms with Gasteiger partial charge in [-0.25, -0.2) is 0 Å². The van der Waals surface area contributed by atoms with E-state index >= 15 is 0 Å². The van der Waals surface area contributed by atoms with Gasteiger partial charge in [0.05, 0.1) is 24.2 Å². The lowest BCUT2D eigenvalue weighted by molar-refractivity contribution is -0.251. The van der Waals surface area contributed by atoms with Gasteiger partial charge < -0.3 is 9.47 Å². The second kappa shape index (κ2) is 6.15. The molecule has 1 spiro atoms. The minimum Gasteiger partial charge on any atom is -0.469 e. The van der Waals surface area contributed by atoms with Crippen LogP contribution in [0, 0.1) is 51.8 Å². The smallest absolute Gasteiger partial charge is 0.311 e. The first kappa shape index (κ1) is 20.7. The summed E-state index contributed by atoms with van der Waals surface area (Å²) < 4.78 is 12.3. The number of ketones is 1. The van der Waals surface area contributed by atoms with Gasteiger partial charge in [-0.15, -0.1) is 0 Å². The molecule has 0 amide bonds. The summed E-state index contributed by atoms with van der Waals surface area (Å²) in [5, 5.41) is 0. The van der Waals surface area contributed by atoms with Gasteiger partial charge in [0.1, 0.15) is 5.78 Å². The third kappa shape index (κ3) is 2.18. The maximum Gasteiger partial charge on any atom is 0.311 e. The summed E-state index contributed by atoms with van der Waals surface area (Å²) in [6, 6.07) is 0. The molecule has 1 aliphatic heterocycles. The monoisotopic (exact) mass is 428 g/mol. The molecule has 4 heteroatoms. The summed E-state index contributed by atoms with van der Waals surface area (Å²) in [7, 11) is 1.55. The number of hydrogen-bond acceptors (Lipinski definition) is 4. The molecule has 7 fully saturated rings. The summed E-state index contributed by atoms with van der Waals surface area (Å²) in [6.07, 6.45) is 9.59. The first-order valence-corrected chi connectivity index (χ1v) is 12.9. The van der Waals surface area contributed by atoms with Crippen molar-refractivity contribution in [1.29, 1.82) is 0 Å².